The SMILES string of the molecule is CN(Cc1ccccc1Cl)C(=O)NCc1ccc(N(C)C)c(F)c1. The topological polar surface area (TPSA) is 35.6 Å². The third-order valence-electron chi connectivity index (χ3n) is 3.65. The van der Waals surface area contributed by atoms with Gasteiger partial charge in [0, 0.05) is 39.3 Å². The number of benzene rings is 2. The lowest BCUT2D eigenvalue weighted by Gasteiger charge is -2.19. The standard InChI is InChI=1S/C18H21ClFN3O/c1-22(2)17-9-8-13(10-16(17)20)11-21-18(24)23(3)12-14-6-4-5-7-15(14)19/h4-10H,11-12H2,1-3H3,(H,21,24). The number of amides is 2. The van der Waals surface area contributed by atoms with Gasteiger partial charge in [0.05, 0.1) is 5.69 Å². The second kappa shape index (κ2) is 8.02. The zero-order valence-corrected chi connectivity index (χ0v) is 14.8. The Morgan fingerprint density at radius 2 is 1.88 bits per heavy atom. The predicted molar refractivity (Wildman–Crippen MR) is 95.9 cm³/mol. The van der Waals surface area contributed by atoms with Crippen LogP contribution >= 0.6 is 11.6 Å². The summed E-state index contributed by atoms with van der Waals surface area (Å²) in [5.74, 6) is -0.309. The average molecular weight is 350 g/mol. The minimum Gasteiger partial charge on any atom is -0.375 e. The highest BCUT2D eigenvalue weighted by Gasteiger charge is 2.11. The van der Waals surface area contributed by atoms with E-state index in [9.17, 15) is 9.18 Å². The molecule has 24 heavy (non-hydrogen) atoms. The van der Waals surface area contributed by atoms with Crippen LogP contribution in [0.2, 0.25) is 5.02 Å². The van der Waals surface area contributed by atoms with Crippen LogP contribution in [0, 0.1) is 5.82 Å². The molecule has 1 N–H and O–H groups in total. The Kier molecular flexibility index (Phi) is 6.04. The van der Waals surface area contributed by atoms with Crippen LogP contribution in [-0.2, 0) is 13.1 Å². The summed E-state index contributed by atoms with van der Waals surface area (Å²) in [5.41, 5.74) is 2.09. The van der Waals surface area contributed by atoms with Crippen LogP contribution in [0.4, 0.5) is 14.9 Å². The van der Waals surface area contributed by atoms with Gasteiger partial charge in [-0.25, -0.2) is 9.18 Å². The minimum absolute atomic E-state index is 0.244. The third-order valence-corrected chi connectivity index (χ3v) is 4.02. The van der Waals surface area contributed by atoms with Gasteiger partial charge in [-0.1, -0.05) is 35.9 Å². The van der Waals surface area contributed by atoms with Crippen molar-refractivity contribution < 1.29 is 9.18 Å². The molecule has 0 fully saturated rings. The highest BCUT2D eigenvalue weighted by atomic mass is 35.5. The molecule has 0 aromatic heterocycles. The summed E-state index contributed by atoms with van der Waals surface area (Å²) in [6, 6.07) is 12.1. The summed E-state index contributed by atoms with van der Waals surface area (Å²) in [5, 5.41) is 3.40. The van der Waals surface area contributed by atoms with Gasteiger partial charge in [-0.15, -0.1) is 0 Å². The number of carbonyl (C=O) groups is 1. The summed E-state index contributed by atoms with van der Waals surface area (Å²) < 4.78 is 13.9. The first-order chi connectivity index (χ1) is 11.4. The van der Waals surface area contributed by atoms with Gasteiger partial charge in [-0.3, -0.25) is 0 Å². The van der Waals surface area contributed by atoms with E-state index in [1.54, 1.807) is 44.2 Å². The van der Waals surface area contributed by atoms with Crippen molar-refractivity contribution in [1.29, 1.82) is 0 Å². The second-order valence-electron chi connectivity index (χ2n) is 5.79. The van der Waals surface area contributed by atoms with Gasteiger partial charge in [-0.05, 0) is 29.3 Å². The number of hydrogen-bond acceptors (Lipinski definition) is 2. The van der Waals surface area contributed by atoms with E-state index >= 15 is 0 Å². The summed E-state index contributed by atoms with van der Waals surface area (Å²) in [4.78, 5) is 15.4. The highest BCUT2D eigenvalue weighted by Crippen LogP contribution is 2.18. The van der Waals surface area contributed by atoms with E-state index in [2.05, 4.69) is 5.32 Å². The van der Waals surface area contributed by atoms with Crippen LogP contribution in [0.15, 0.2) is 42.5 Å². The first kappa shape index (κ1) is 18.1. The Bertz CT molecular complexity index is 721. The Morgan fingerprint density at radius 3 is 2.50 bits per heavy atom. The number of rotatable bonds is 5. The van der Waals surface area contributed by atoms with E-state index in [0.717, 1.165) is 5.56 Å². The van der Waals surface area contributed by atoms with Crippen LogP contribution in [-0.4, -0.2) is 32.1 Å². The second-order valence-corrected chi connectivity index (χ2v) is 6.19. The molecule has 2 aromatic rings. The summed E-state index contributed by atoms with van der Waals surface area (Å²) in [6.45, 7) is 0.662. The van der Waals surface area contributed by atoms with Gasteiger partial charge in [0.15, 0.2) is 0 Å². The van der Waals surface area contributed by atoms with E-state index in [-0.39, 0.29) is 18.4 Å². The molecule has 4 nitrogen and oxygen atoms in total. The lowest BCUT2D eigenvalue weighted by Crippen LogP contribution is -2.36. The molecule has 0 spiro atoms. The van der Waals surface area contributed by atoms with Gasteiger partial charge in [-0.2, -0.15) is 0 Å². The van der Waals surface area contributed by atoms with Gasteiger partial charge < -0.3 is 15.1 Å². The number of urea groups is 1. The van der Waals surface area contributed by atoms with E-state index < -0.39 is 0 Å². The Labute approximate surface area is 146 Å². The van der Waals surface area contributed by atoms with Gasteiger partial charge in [0.2, 0.25) is 0 Å². The van der Waals surface area contributed by atoms with Crippen LogP contribution in [0.25, 0.3) is 0 Å². The maximum absolute atomic E-state index is 13.9. The Morgan fingerprint density at radius 1 is 1.17 bits per heavy atom. The van der Waals surface area contributed by atoms with Gasteiger partial charge >= 0.3 is 6.03 Å². The molecule has 0 saturated heterocycles. The fraction of sp³-hybridized carbons (Fsp3) is 0.278. The van der Waals surface area contributed by atoms with Crippen molar-refractivity contribution in [2.45, 2.75) is 13.1 Å². The van der Waals surface area contributed by atoms with Gasteiger partial charge in [0.25, 0.3) is 0 Å². The highest BCUT2D eigenvalue weighted by molar-refractivity contribution is 6.31. The minimum atomic E-state index is -0.309. The fourth-order valence-corrected chi connectivity index (χ4v) is 2.49. The molecule has 2 aromatic carbocycles. The van der Waals surface area contributed by atoms with Crippen molar-refractivity contribution in [1.82, 2.24) is 10.2 Å². The largest absolute Gasteiger partial charge is 0.375 e. The maximum atomic E-state index is 13.9. The fourth-order valence-electron chi connectivity index (χ4n) is 2.29. The van der Waals surface area contributed by atoms with E-state index in [1.165, 1.54) is 11.0 Å². The maximum Gasteiger partial charge on any atom is 0.317 e. The molecule has 0 saturated carbocycles. The molecule has 0 aliphatic rings. The van der Waals surface area contributed by atoms with Crippen LogP contribution < -0.4 is 10.2 Å². The summed E-state index contributed by atoms with van der Waals surface area (Å²) in [7, 11) is 5.25. The van der Waals surface area contributed by atoms with Crippen molar-refractivity contribution in [3.63, 3.8) is 0 Å². The molecule has 0 radical (unpaired) electrons. The van der Waals surface area contributed by atoms with E-state index in [1.807, 2.05) is 18.2 Å². The summed E-state index contributed by atoms with van der Waals surface area (Å²) in [6.07, 6.45) is 0. The lowest BCUT2D eigenvalue weighted by atomic mass is 10.2. The first-order valence-corrected chi connectivity index (χ1v) is 7.94. The van der Waals surface area contributed by atoms with Gasteiger partial charge in [0.1, 0.15) is 5.82 Å². The number of carbonyl (C=O) groups excluding carboxylic acids is 1. The molecule has 6 heteroatoms. The number of nitrogens with one attached hydrogen (secondary N) is 1. The molecule has 0 unspecified atom stereocenters. The smallest absolute Gasteiger partial charge is 0.317 e. The molecule has 2 rings (SSSR count). The summed E-state index contributed by atoms with van der Waals surface area (Å²) >= 11 is 6.10. The van der Waals surface area contributed by atoms with E-state index in [0.29, 0.717) is 22.8 Å². The molecule has 0 atom stereocenters. The number of anilines is 1. The zero-order chi connectivity index (χ0) is 17.7. The number of hydrogen-bond donors (Lipinski definition) is 1. The molecule has 0 bridgehead atoms. The Hall–Kier alpha value is -2.27. The van der Waals surface area contributed by atoms with Crippen molar-refractivity contribution in [2.75, 3.05) is 26.0 Å². The Balaban J connectivity index is 1.93. The third kappa shape index (κ3) is 4.61. The van der Waals surface area contributed by atoms with Crippen molar-refractivity contribution in [2.24, 2.45) is 0 Å². The van der Waals surface area contributed by atoms with Crippen LogP contribution in [0.5, 0.6) is 0 Å². The molecule has 0 aliphatic heterocycles. The van der Waals surface area contributed by atoms with Crippen molar-refractivity contribution >= 4 is 23.3 Å². The molecule has 0 aliphatic carbocycles. The lowest BCUT2D eigenvalue weighted by molar-refractivity contribution is 0.206. The number of halogens is 2. The van der Waals surface area contributed by atoms with Crippen molar-refractivity contribution in [3.05, 3.63) is 64.4 Å². The van der Waals surface area contributed by atoms with Crippen molar-refractivity contribution in [3.8, 4) is 0 Å². The zero-order valence-electron chi connectivity index (χ0n) is 14.0. The average Bonchev–Trinajstić information content (AvgIpc) is 2.54. The molecule has 128 valence electrons. The monoisotopic (exact) mass is 349 g/mol. The molecular formula is C18H21ClFN3O. The van der Waals surface area contributed by atoms with Crippen LogP contribution in [0.1, 0.15) is 11.1 Å². The number of nitrogens with zero attached hydrogens (tertiary/aromatic N) is 2. The first-order valence-electron chi connectivity index (χ1n) is 7.56. The predicted octanol–water partition coefficient (Wildman–Crippen LogP) is 3.89. The molecule has 0 heterocycles. The van der Waals surface area contributed by atoms with E-state index in [4.69, 9.17) is 11.6 Å². The molecule has 2 amide bonds. The molecular weight excluding hydrogens is 329 g/mol. The quantitative estimate of drug-likeness (QED) is 0.889. The normalized spacial score (nSPS) is 10.4. The van der Waals surface area contributed by atoms with Crippen LogP contribution in [0.3, 0.4) is 0 Å².